The Balaban J connectivity index is 2.19. The van der Waals surface area contributed by atoms with E-state index in [1.165, 1.54) is 18.7 Å². The SMILES string of the molecule is O=C(O)c1cc(-c2ncnc3[nH]ccc23)co1. The second-order valence-electron chi connectivity index (χ2n) is 3.47. The molecule has 3 aromatic rings. The number of furan rings is 1. The highest BCUT2D eigenvalue weighted by Crippen LogP contribution is 2.26. The highest BCUT2D eigenvalue weighted by Gasteiger charge is 2.13. The number of nitrogens with zero attached hydrogens (tertiary/aromatic N) is 2. The van der Waals surface area contributed by atoms with E-state index >= 15 is 0 Å². The van der Waals surface area contributed by atoms with E-state index in [-0.39, 0.29) is 5.76 Å². The zero-order valence-electron chi connectivity index (χ0n) is 8.54. The van der Waals surface area contributed by atoms with Crippen molar-refractivity contribution in [2.45, 2.75) is 0 Å². The number of aromatic nitrogens is 3. The predicted molar refractivity (Wildman–Crippen MR) is 58.6 cm³/mol. The van der Waals surface area contributed by atoms with Crippen molar-refractivity contribution in [3.63, 3.8) is 0 Å². The van der Waals surface area contributed by atoms with Crippen molar-refractivity contribution in [2.24, 2.45) is 0 Å². The minimum Gasteiger partial charge on any atom is -0.475 e. The number of aromatic amines is 1. The first-order chi connectivity index (χ1) is 8.25. The molecule has 3 rings (SSSR count). The van der Waals surface area contributed by atoms with Crippen LogP contribution in [0.3, 0.4) is 0 Å². The van der Waals surface area contributed by atoms with Crippen LogP contribution in [0.5, 0.6) is 0 Å². The molecule has 0 spiro atoms. The maximum Gasteiger partial charge on any atom is 0.371 e. The molecule has 0 saturated carbocycles. The van der Waals surface area contributed by atoms with Gasteiger partial charge in [-0.05, 0) is 6.07 Å². The Bertz CT molecular complexity index is 699. The third-order valence-electron chi connectivity index (χ3n) is 2.44. The number of H-pyrrole nitrogens is 1. The summed E-state index contributed by atoms with van der Waals surface area (Å²) in [4.78, 5) is 21.9. The van der Waals surface area contributed by atoms with Crippen LogP contribution in [0, 0.1) is 0 Å². The molecule has 0 fully saturated rings. The van der Waals surface area contributed by atoms with Crippen LogP contribution in [-0.2, 0) is 0 Å². The smallest absolute Gasteiger partial charge is 0.371 e. The Morgan fingerprint density at radius 1 is 1.41 bits per heavy atom. The fourth-order valence-electron chi connectivity index (χ4n) is 1.67. The van der Waals surface area contributed by atoms with E-state index in [9.17, 15) is 4.79 Å². The summed E-state index contributed by atoms with van der Waals surface area (Å²) in [5.74, 6) is -1.21. The van der Waals surface area contributed by atoms with Crippen molar-refractivity contribution < 1.29 is 14.3 Å². The lowest BCUT2D eigenvalue weighted by atomic mass is 10.1. The summed E-state index contributed by atoms with van der Waals surface area (Å²) < 4.78 is 4.94. The molecule has 0 aromatic carbocycles. The molecular weight excluding hydrogens is 222 g/mol. The third kappa shape index (κ3) is 1.46. The Hall–Kier alpha value is -2.63. The van der Waals surface area contributed by atoms with Crippen molar-refractivity contribution in [2.75, 3.05) is 0 Å². The molecule has 3 aromatic heterocycles. The summed E-state index contributed by atoms with van der Waals surface area (Å²) in [6.45, 7) is 0. The van der Waals surface area contributed by atoms with E-state index in [1.807, 2.05) is 6.07 Å². The van der Waals surface area contributed by atoms with Crippen LogP contribution >= 0.6 is 0 Å². The van der Waals surface area contributed by atoms with E-state index in [0.717, 1.165) is 5.39 Å². The first kappa shape index (κ1) is 9.59. The van der Waals surface area contributed by atoms with Crippen molar-refractivity contribution in [3.05, 3.63) is 36.7 Å². The zero-order valence-corrected chi connectivity index (χ0v) is 8.54. The molecule has 0 amide bonds. The lowest BCUT2D eigenvalue weighted by Crippen LogP contribution is -1.91. The molecule has 84 valence electrons. The largest absolute Gasteiger partial charge is 0.475 e. The van der Waals surface area contributed by atoms with Crippen molar-refractivity contribution in [3.8, 4) is 11.3 Å². The number of nitrogens with one attached hydrogen (secondary N) is 1. The standard InChI is InChI=1S/C11H7N3O3/c15-11(16)8-3-6(4-17-8)9-7-1-2-12-10(7)14-5-13-9/h1-5H,(H,15,16)(H,12,13,14). The van der Waals surface area contributed by atoms with Gasteiger partial charge in [-0.2, -0.15) is 0 Å². The van der Waals surface area contributed by atoms with Gasteiger partial charge in [-0.15, -0.1) is 0 Å². The van der Waals surface area contributed by atoms with Crippen molar-refractivity contribution in [1.29, 1.82) is 0 Å². The average molecular weight is 229 g/mol. The maximum atomic E-state index is 10.7. The molecule has 0 aliphatic carbocycles. The van der Waals surface area contributed by atoms with Gasteiger partial charge in [0.2, 0.25) is 5.76 Å². The minimum atomic E-state index is -1.10. The van der Waals surface area contributed by atoms with Crippen LogP contribution in [0.25, 0.3) is 22.3 Å². The summed E-state index contributed by atoms with van der Waals surface area (Å²) in [5, 5.41) is 9.61. The number of hydrogen-bond acceptors (Lipinski definition) is 4. The van der Waals surface area contributed by atoms with Gasteiger partial charge in [-0.1, -0.05) is 0 Å². The number of hydrogen-bond donors (Lipinski definition) is 2. The zero-order chi connectivity index (χ0) is 11.8. The number of carboxylic acids is 1. The molecule has 6 heteroatoms. The molecule has 6 nitrogen and oxygen atoms in total. The fraction of sp³-hybridized carbons (Fsp3) is 0. The third-order valence-corrected chi connectivity index (χ3v) is 2.44. The average Bonchev–Trinajstić information content (AvgIpc) is 2.97. The van der Waals surface area contributed by atoms with Crippen LogP contribution < -0.4 is 0 Å². The Labute approximate surface area is 94.9 Å². The molecular formula is C11H7N3O3. The predicted octanol–water partition coefficient (Wildman–Crippen LogP) is 1.92. The van der Waals surface area contributed by atoms with E-state index in [4.69, 9.17) is 9.52 Å². The number of aromatic carboxylic acids is 1. The second kappa shape index (κ2) is 3.44. The van der Waals surface area contributed by atoms with Gasteiger partial charge in [0.1, 0.15) is 18.2 Å². The number of rotatable bonds is 2. The van der Waals surface area contributed by atoms with Crippen LogP contribution in [0.2, 0.25) is 0 Å². The highest BCUT2D eigenvalue weighted by atomic mass is 16.4. The van der Waals surface area contributed by atoms with Gasteiger partial charge in [0.05, 0.1) is 5.69 Å². The fourth-order valence-corrected chi connectivity index (χ4v) is 1.67. The number of fused-ring (bicyclic) bond motifs is 1. The van der Waals surface area contributed by atoms with Gasteiger partial charge in [0, 0.05) is 23.2 Å². The summed E-state index contributed by atoms with van der Waals surface area (Å²) in [7, 11) is 0. The monoisotopic (exact) mass is 229 g/mol. The molecule has 3 heterocycles. The van der Waals surface area contributed by atoms with Gasteiger partial charge in [0.25, 0.3) is 0 Å². The first-order valence-corrected chi connectivity index (χ1v) is 4.86. The van der Waals surface area contributed by atoms with E-state index in [1.54, 1.807) is 6.20 Å². The lowest BCUT2D eigenvalue weighted by Gasteiger charge is -1.96. The topological polar surface area (TPSA) is 92.0 Å². The summed E-state index contributed by atoms with van der Waals surface area (Å²) in [6, 6.07) is 3.27. The van der Waals surface area contributed by atoms with Crippen LogP contribution in [0.4, 0.5) is 0 Å². The van der Waals surface area contributed by atoms with Crippen LogP contribution in [0.1, 0.15) is 10.6 Å². The Morgan fingerprint density at radius 3 is 3.06 bits per heavy atom. The summed E-state index contributed by atoms with van der Waals surface area (Å²) in [6.07, 6.45) is 4.54. The Kier molecular flexibility index (Phi) is 1.94. The molecule has 0 bridgehead atoms. The van der Waals surface area contributed by atoms with E-state index in [0.29, 0.717) is 16.9 Å². The Morgan fingerprint density at radius 2 is 2.29 bits per heavy atom. The molecule has 0 atom stereocenters. The van der Waals surface area contributed by atoms with Gasteiger partial charge < -0.3 is 14.5 Å². The van der Waals surface area contributed by atoms with Gasteiger partial charge in [0.15, 0.2) is 0 Å². The van der Waals surface area contributed by atoms with E-state index in [2.05, 4.69) is 15.0 Å². The van der Waals surface area contributed by atoms with Gasteiger partial charge in [-0.25, -0.2) is 14.8 Å². The molecule has 0 aliphatic heterocycles. The summed E-state index contributed by atoms with van der Waals surface area (Å²) in [5.41, 5.74) is 1.97. The molecule has 0 aliphatic rings. The highest BCUT2D eigenvalue weighted by molar-refractivity contribution is 5.92. The first-order valence-electron chi connectivity index (χ1n) is 4.86. The molecule has 0 unspecified atom stereocenters. The van der Waals surface area contributed by atoms with E-state index < -0.39 is 5.97 Å². The number of carboxylic acid groups (broad SMARTS) is 1. The quantitative estimate of drug-likeness (QED) is 0.700. The van der Waals surface area contributed by atoms with Crippen molar-refractivity contribution in [1.82, 2.24) is 15.0 Å². The van der Waals surface area contributed by atoms with Gasteiger partial charge in [-0.3, -0.25) is 0 Å². The number of carbonyl (C=O) groups is 1. The van der Waals surface area contributed by atoms with Crippen LogP contribution in [0.15, 0.2) is 35.3 Å². The molecule has 2 N–H and O–H groups in total. The summed E-state index contributed by atoms with van der Waals surface area (Å²) >= 11 is 0. The molecule has 0 radical (unpaired) electrons. The molecule has 17 heavy (non-hydrogen) atoms. The lowest BCUT2D eigenvalue weighted by molar-refractivity contribution is 0.0662. The molecule has 0 saturated heterocycles. The second-order valence-corrected chi connectivity index (χ2v) is 3.47. The van der Waals surface area contributed by atoms with Gasteiger partial charge >= 0.3 is 5.97 Å². The minimum absolute atomic E-state index is 0.109. The maximum absolute atomic E-state index is 10.7. The normalized spacial score (nSPS) is 10.8. The van der Waals surface area contributed by atoms with Crippen molar-refractivity contribution >= 4 is 17.0 Å². The van der Waals surface area contributed by atoms with Crippen LogP contribution in [-0.4, -0.2) is 26.0 Å².